The molecule has 1 aliphatic carbocycles. The number of rotatable bonds is 8. The van der Waals surface area contributed by atoms with Gasteiger partial charge in [-0.3, -0.25) is 4.79 Å². The Labute approximate surface area is 166 Å². The maximum atomic E-state index is 12.6. The van der Waals surface area contributed by atoms with Crippen LogP contribution in [0.25, 0.3) is 11.3 Å². The fraction of sp³-hybridized carbons (Fsp3) is 0.312. The minimum absolute atomic E-state index is 0.0307. The number of carbonyl (C=O) groups excluding carboxylic acids is 1. The molecular formula is C16H14F2N6O2S2. The van der Waals surface area contributed by atoms with E-state index in [1.54, 1.807) is 28.3 Å². The molecule has 28 heavy (non-hydrogen) atoms. The molecule has 0 unspecified atom stereocenters. The van der Waals surface area contributed by atoms with E-state index in [4.69, 9.17) is 0 Å². The van der Waals surface area contributed by atoms with E-state index in [0.29, 0.717) is 27.6 Å². The van der Waals surface area contributed by atoms with Crippen molar-refractivity contribution >= 4 is 34.1 Å². The van der Waals surface area contributed by atoms with E-state index < -0.39 is 6.61 Å². The smallest absolute Gasteiger partial charge is 0.387 e. The second-order valence-corrected chi connectivity index (χ2v) is 7.69. The summed E-state index contributed by atoms with van der Waals surface area (Å²) in [6, 6.07) is 6.71. The van der Waals surface area contributed by atoms with E-state index in [1.165, 1.54) is 29.2 Å². The SMILES string of the molecule is O=C(CSc1nnnn1C1CC1)Nc1nc(-c2ccccc2OC(F)F)cs1. The summed E-state index contributed by atoms with van der Waals surface area (Å²) in [6.07, 6.45) is 2.09. The van der Waals surface area contributed by atoms with Crippen LogP contribution in [0.15, 0.2) is 34.8 Å². The number of alkyl halides is 2. The third kappa shape index (κ3) is 4.44. The lowest BCUT2D eigenvalue weighted by Gasteiger charge is -2.08. The Morgan fingerprint density at radius 3 is 3.00 bits per heavy atom. The molecule has 4 rings (SSSR count). The molecule has 1 amide bonds. The van der Waals surface area contributed by atoms with Crippen molar-refractivity contribution in [1.29, 1.82) is 0 Å². The number of hydrogen-bond donors (Lipinski definition) is 1. The molecule has 0 spiro atoms. The number of thioether (sulfide) groups is 1. The number of nitrogens with zero attached hydrogens (tertiary/aromatic N) is 5. The number of aromatic nitrogens is 5. The Kier molecular flexibility index (Phi) is 5.48. The summed E-state index contributed by atoms with van der Waals surface area (Å²) in [6.45, 7) is -2.93. The summed E-state index contributed by atoms with van der Waals surface area (Å²) in [5, 5.41) is 16.9. The number of amides is 1. The van der Waals surface area contributed by atoms with Crippen LogP contribution < -0.4 is 10.1 Å². The van der Waals surface area contributed by atoms with E-state index in [9.17, 15) is 13.6 Å². The van der Waals surface area contributed by atoms with Gasteiger partial charge < -0.3 is 10.1 Å². The Hall–Kier alpha value is -2.60. The monoisotopic (exact) mass is 424 g/mol. The van der Waals surface area contributed by atoms with Crippen LogP contribution in [-0.2, 0) is 4.79 Å². The minimum atomic E-state index is -2.93. The number of thiazole rings is 1. The van der Waals surface area contributed by atoms with Crippen molar-refractivity contribution in [2.75, 3.05) is 11.1 Å². The van der Waals surface area contributed by atoms with Gasteiger partial charge in [-0.1, -0.05) is 23.9 Å². The number of benzene rings is 1. The first kappa shape index (κ1) is 18.7. The Morgan fingerprint density at radius 1 is 1.39 bits per heavy atom. The fourth-order valence-electron chi connectivity index (χ4n) is 2.45. The lowest BCUT2D eigenvalue weighted by Crippen LogP contribution is -2.14. The number of halogens is 2. The molecule has 1 saturated carbocycles. The average Bonchev–Trinajstić information content (AvgIpc) is 3.22. The largest absolute Gasteiger partial charge is 0.434 e. The van der Waals surface area contributed by atoms with E-state index in [-0.39, 0.29) is 17.4 Å². The van der Waals surface area contributed by atoms with Gasteiger partial charge in [-0.25, -0.2) is 9.67 Å². The Morgan fingerprint density at radius 2 is 2.21 bits per heavy atom. The predicted molar refractivity (Wildman–Crippen MR) is 99.6 cm³/mol. The standard InChI is InChI=1S/C16H14F2N6O2S2/c17-14(18)26-12-4-2-1-3-10(12)11-7-27-15(19-11)20-13(25)8-28-16-21-22-23-24(16)9-5-6-9/h1-4,7,9,14H,5-6,8H2,(H,19,20,25). The van der Waals surface area contributed by atoms with Crippen LogP contribution in [0.3, 0.4) is 0 Å². The zero-order chi connectivity index (χ0) is 19.5. The molecule has 2 heterocycles. The highest BCUT2D eigenvalue weighted by Crippen LogP contribution is 2.36. The van der Waals surface area contributed by atoms with Crippen molar-refractivity contribution in [3.63, 3.8) is 0 Å². The van der Waals surface area contributed by atoms with Gasteiger partial charge in [0.25, 0.3) is 0 Å². The van der Waals surface area contributed by atoms with Gasteiger partial charge in [-0.15, -0.1) is 16.4 Å². The number of para-hydroxylation sites is 1. The number of carbonyl (C=O) groups is 1. The topological polar surface area (TPSA) is 94.8 Å². The molecule has 0 atom stereocenters. The Bertz CT molecular complexity index is 975. The second kappa shape index (κ2) is 8.19. The molecule has 146 valence electrons. The minimum Gasteiger partial charge on any atom is -0.434 e. The lowest BCUT2D eigenvalue weighted by molar-refractivity contribution is -0.113. The number of nitrogens with one attached hydrogen (secondary N) is 1. The highest BCUT2D eigenvalue weighted by atomic mass is 32.2. The number of tetrazole rings is 1. The fourth-order valence-corrected chi connectivity index (χ4v) is 3.92. The summed E-state index contributed by atoms with van der Waals surface area (Å²) < 4.78 is 31.4. The van der Waals surface area contributed by atoms with E-state index >= 15 is 0 Å². The first-order valence-electron chi connectivity index (χ1n) is 8.30. The zero-order valence-electron chi connectivity index (χ0n) is 14.3. The molecule has 1 fully saturated rings. The van der Waals surface area contributed by atoms with Crippen molar-refractivity contribution in [3.05, 3.63) is 29.6 Å². The predicted octanol–water partition coefficient (Wildman–Crippen LogP) is 3.46. The highest BCUT2D eigenvalue weighted by Gasteiger charge is 2.28. The molecule has 0 saturated heterocycles. The zero-order valence-corrected chi connectivity index (χ0v) is 15.9. The summed E-state index contributed by atoms with van der Waals surface area (Å²) in [5.41, 5.74) is 0.874. The van der Waals surface area contributed by atoms with Gasteiger partial charge in [0.05, 0.1) is 17.5 Å². The number of ether oxygens (including phenoxy) is 1. The molecule has 0 bridgehead atoms. The molecule has 1 aliphatic rings. The van der Waals surface area contributed by atoms with Crippen LogP contribution >= 0.6 is 23.1 Å². The quantitative estimate of drug-likeness (QED) is 0.553. The molecule has 1 aromatic carbocycles. The van der Waals surface area contributed by atoms with Crippen molar-refractivity contribution in [2.45, 2.75) is 30.7 Å². The van der Waals surface area contributed by atoms with Crippen LogP contribution in [-0.4, -0.2) is 43.5 Å². The van der Waals surface area contributed by atoms with Gasteiger partial charge in [-0.05, 0) is 35.4 Å². The van der Waals surface area contributed by atoms with E-state index in [0.717, 1.165) is 12.8 Å². The summed E-state index contributed by atoms with van der Waals surface area (Å²) in [7, 11) is 0. The highest BCUT2D eigenvalue weighted by molar-refractivity contribution is 7.99. The average molecular weight is 424 g/mol. The third-order valence-electron chi connectivity index (χ3n) is 3.82. The molecule has 1 N–H and O–H groups in total. The van der Waals surface area contributed by atoms with Crippen molar-refractivity contribution < 1.29 is 18.3 Å². The van der Waals surface area contributed by atoms with Crippen LogP contribution in [0.2, 0.25) is 0 Å². The van der Waals surface area contributed by atoms with Crippen LogP contribution in [0.4, 0.5) is 13.9 Å². The summed E-state index contributed by atoms with van der Waals surface area (Å²) in [5.74, 6) is -0.0934. The summed E-state index contributed by atoms with van der Waals surface area (Å²) in [4.78, 5) is 16.5. The van der Waals surface area contributed by atoms with Crippen molar-refractivity contribution in [1.82, 2.24) is 25.2 Å². The molecular weight excluding hydrogens is 410 g/mol. The normalized spacial score (nSPS) is 13.7. The number of hydrogen-bond acceptors (Lipinski definition) is 8. The van der Waals surface area contributed by atoms with Crippen molar-refractivity contribution in [2.24, 2.45) is 0 Å². The maximum Gasteiger partial charge on any atom is 0.387 e. The van der Waals surface area contributed by atoms with E-state index in [1.807, 2.05) is 0 Å². The molecule has 8 nitrogen and oxygen atoms in total. The second-order valence-electron chi connectivity index (χ2n) is 5.89. The van der Waals surface area contributed by atoms with Gasteiger partial charge in [-0.2, -0.15) is 8.78 Å². The molecule has 2 aromatic heterocycles. The van der Waals surface area contributed by atoms with Gasteiger partial charge in [0.2, 0.25) is 11.1 Å². The summed E-state index contributed by atoms with van der Waals surface area (Å²) >= 11 is 2.45. The van der Waals surface area contributed by atoms with Gasteiger partial charge in [0.1, 0.15) is 5.75 Å². The van der Waals surface area contributed by atoms with Crippen LogP contribution in [0.1, 0.15) is 18.9 Å². The van der Waals surface area contributed by atoms with Crippen LogP contribution in [0, 0.1) is 0 Å². The maximum absolute atomic E-state index is 12.6. The first-order chi connectivity index (χ1) is 13.6. The molecule has 0 aliphatic heterocycles. The van der Waals surface area contributed by atoms with Crippen molar-refractivity contribution in [3.8, 4) is 17.0 Å². The van der Waals surface area contributed by atoms with Gasteiger partial charge in [0, 0.05) is 10.9 Å². The van der Waals surface area contributed by atoms with Gasteiger partial charge >= 0.3 is 6.61 Å². The molecule has 3 aromatic rings. The Balaban J connectivity index is 1.38. The number of anilines is 1. The van der Waals surface area contributed by atoms with Crippen LogP contribution in [0.5, 0.6) is 5.75 Å². The third-order valence-corrected chi connectivity index (χ3v) is 5.51. The molecule has 0 radical (unpaired) electrons. The van der Waals surface area contributed by atoms with Gasteiger partial charge in [0.15, 0.2) is 5.13 Å². The first-order valence-corrected chi connectivity index (χ1v) is 10.2. The molecule has 12 heteroatoms. The van der Waals surface area contributed by atoms with E-state index in [2.05, 4.69) is 30.6 Å². The lowest BCUT2D eigenvalue weighted by atomic mass is 10.1.